The minimum atomic E-state index is -4.60. The van der Waals surface area contributed by atoms with Crippen LogP contribution in [-0.2, 0) is 15.8 Å². The molecule has 3 aromatic rings. The molecule has 2 N–H and O–H groups in total. The Morgan fingerprint density at radius 2 is 1.57 bits per heavy atom. The minimum absolute atomic E-state index is 0.0565. The molecule has 0 fully saturated rings. The first-order valence-corrected chi connectivity index (χ1v) is 11.5. The third-order valence-electron chi connectivity index (χ3n) is 5.59. The van der Waals surface area contributed by atoms with Crippen molar-refractivity contribution in [3.05, 3.63) is 98.7 Å². The van der Waals surface area contributed by atoms with Crippen LogP contribution in [0.5, 0.6) is 0 Å². The predicted molar refractivity (Wildman–Crippen MR) is 136 cm³/mol. The summed E-state index contributed by atoms with van der Waals surface area (Å²) in [5.74, 6) is -2.00. The summed E-state index contributed by atoms with van der Waals surface area (Å²) in [6, 6.07) is 13.7. The lowest BCUT2D eigenvalue weighted by Crippen LogP contribution is -2.32. The van der Waals surface area contributed by atoms with E-state index in [2.05, 4.69) is 10.6 Å². The Kier molecular flexibility index (Phi) is 7.03. The Labute approximate surface area is 219 Å². The van der Waals surface area contributed by atoms with Gasteiger partial charge < -0.3 is 10.6 Å². The van der Waals surface area contributed by atoms with Gasteiger partial charge in [-0.05, 0) is 73.5 Å². The van der Waals surface area contributed by atoms with Crippen molar-refractivity contribution < 1.29 is 27.6 Å². The fourth-order valence-electron chi connectivity index (χ4n) is 3.63. The number of aryl methyl sites for hydroxylation is 2. The highest BCUT2D eigenvalue weighted by Gasteiger charge is 2.39. The highest BCUT2D eigenvalue weighted by Crippen LogP contribution is 2.35. The molecule has 0 bridgehead atoms. The van der Waals surface area contributed by atoms with Gasteiger partial charge in [0.2, 0.25) is 0 Å². The van der Waals surface area contributed by atoms with Crippen LogP contribution in [0, 0.1) is 13.8 Å². The van der Waals surface area contributed by atoms with Gasteiger partial charge in [-0.2, -0.15) is 13.2 Å². The number of halogens is 5. The summed E-state index contributed by atoms with van der Waals surface area (Å²) in [5, 5.41) is 4.83. The summed E-state index contributed by atoms with van der Waals surface area (Å²) in [5.41, 5.74) is 1.19. The van der Waals surface area contributed by atoms with Crippen molar-refractivity contribution in [2.45, 2.75) is 20.0 Å². The Bertz CT molecular complexity index is 1470. The number of carbonyl (C=O) groups is 3. The zero-order chi connectivity index (χ0) is 27.1. The van der Waals surface area contributed by atoms with Gasteiger partial charge in [0.25, 0.3) is 17.7 Å². The van der Waals surface area contributed by atoms with Crippen molar-refractivity contribution in [1.29, 1.82) is 0 Å². The number of rotatable bonds is 5. The largest absolute Gasteiger partial charge is 0.416 e. The molecule has 0 radical (unpaired) electrons. The van der Waals surface area contributed by atoms with Gasteiger partial charge in [0, 0.05) is 11.3 Å². The SMILES string of the molecule is Cc1ccc(C)c(N2C(=O)C(Cl)=C(Nc3ccc(C(=O)Nc4cc(C(F)(F)F)ccc4Cl)cc3)C2=O)c1. The zero-order valence-corrected chi connectivity index (χ0v) is 20.8. The van der Waals surface area contributed by atoms with E-state index in [1.165, 1.54) is 24.3 Å². The molecule has 0 aliphatic carbocycles. The molecular formula is C26H18Cl2F3N3O3. The molecule has 190 valence electrons. The quantitative estimate of drug-likeness (QED) is 0.350. The van der Waals surface area contributed by atoms with E-state index in [9.17, 15) is 27.6 Å². The first kappa shape index (κ1) is 26.2. The van der Waals surface area contributed by atoms with Crippen molar-refractivity contribution in [2.75, 3.05) is 15.5 Å². The molecule has 0 atom stereocenters. The number of nitrogens with one attached hydrogen (secondary N) is 2. The van der Waals surface area contributed by atoms with Crippen LogP contribution in [0.1, 0.15) is 27.0 Å². The molecule has 37 heavy (non-hydrogen) atoms. The molecule has 1 aliphatic rings. The van der Waals surface area contributed by atoms with Crippen molar-refractivity contribution in [1.82, 2.24) is 0 Å². The second-order valence-electron chi connectivity index (χ2n) is 8.27. The van der Waals surface area contributed by atoms with E-state index < -0.39 is 29.5 Å². The van der Waals surface area contributed by atoms with E-state index in [0.717, 1.165) is 28.7 Å². The molecule has 4 rings (SSSR count). The number of nitrogens with zero attached hydrogens (tertiary/aromatic N) is 1. The van der Waals surface area contributed by atoms with Crippen LogP contribution in [0.3, 0.4) is 0 Å². The standard InChI is InChI=1S/C26H18Cl2F3N3O3/c1-13-3-4-14(2)20(11-13)34-24(36)21(28)22(25(34)37)32-17-8-5-15(6-9-17)23(35)33-19-12-16(26(29,30)31)7-10-18(19)27/h3-12,32H,1-2H3,(H,33,35). The molecule has 6 nitrogen and oxygen atoms in total. The Balaban J connectivity index is 1.50. The van der Waals surface area contributed by atoms with Crippen LogP contribution in [0.4, 0.5) is 30.2 Å². The Morgan fingerprint density at radius 1 is 0.892 bits per heavy atom. The van der Waals surface area contributed by atoms with Crippen LogP contribution < -0.4 is 15.5 Å². The van der Waals surface area contributed by atoms with Gasteiger partial charge in [-0.3, -0.25) is 14.4 Å². The lowest BCUT2D eigenvalue weighted by Gasteiger charge is -2.18. The fraction of sp³-hybridized carbons (Fsp3) is 0.115. The van der Waals surface area contributed by atoms with Crippen LogP contribution in [-0.4, -0.2) is 17.7 Å². The van der Waals surface area contributed by atoms with E-state index in [1.807, 2.05) is 13.0 Å². The number of carbonyl (C=O) groups excluding carboxylic acids is 3. The number of imide groups is 1. The lowest BCUT2D eigenvalue weighted by atomic mass is 10.1. The van der Waals surface area contributed by atoms with Gasteiger partial charge in [0.1, 0.15) is 10.7 Å². The predicted octanol–water partition coefficient (Wildman–Crippen LogP) is 6.66. The van der Waals surface area contributed by atoms with Gasteiger partial charge in [-0.15, -0.1) is 0 Å². The van der Waals surface area contributed by atoms with Gasteiger partial charge >= 0.3 is 6.18 Å². The van der Waals surface area contributed by atoms with Crippen LogP contribution in [0.15, 0.2) is 71.4 Å². The van der Waals surface area contributed by atoms with Crippen LogP contribution >= 0.6 is 23.2 Å². The average Bonchev–Trinajstić information content (AvgIpc) is 3.04. The molecule has 0 aromatic heterocycles. The topological polar surface area (TPSA) is 78.5 Å². The molecule has 0 unspecified atom stereocenters. The summed E-state index contributed by atoms with van der Waals surface area (Å²) >= 11 is 12.1. The first-order valence-electron chi connectivity index (χ1n) is 10.8. The molecule has 0 saturated heterocycles. The summed E-state index contributed by atoms with van der Waals surface area (Å²) in [6.07, 6.45) is -4.60. The molecule has 1 aliphatic heterocycles. The van der Waals surface area contributed by atoms with Crippen molar-refractivity contribution in [3.63, 3.8) is 0 Å². The minimum Gasteiger partial charge on any atom is -0.350 e. The van der Waals surface area contributed by atoms with Gasteiger partial charge in [0.05, 0.1) is 22.0 Å². The Hall–Kier alpha value is -3.82. The van der Waals surface area contributed by atoms with Gasteiger partial charge in [0.15, 0.2) is 0 Å². The molecule has 3 amide bonds. The third kappa shape index (κ3) is 5.33. The number of anilines is 3. The maximum absolute atomic E-state index is 13.0. The Morgan fingerprint density at radius 3 is 2.22 bits per heavy atom. The van der Waals surface area contributed by atoms with Gasteiger partial charge in [-0.25, -0.2) is 4.90 Å². The van der Waals surface area contributed by atoms with E-state index in [0.29, 0.717) is 16.9 Å². The monoisotopic (exact) mass is 547 g/mol. The van der Waals surface area contributed by atoms with Crippen LogP contribution in [0.25, 0.3) is 0 Å². The van der Waals surface area contributed by atoms with Crippen molar-refractivity contribution >= 4 is 58.0 Å². The number of hydrogen-bond donors (Lipinski definition) is 2. The van der Waals surface area contributed by atoms with E-state index in [4.69, 9.17) is 23.2 Å². The highest BCUT2D eigenvalue weighted by atomic mass is 35.5. The number of benzene rings is 3. The zero-order valence-electron chi connectivity index (χ0n) is 19.3. The number of hydrogen-bond acceptors (Lipinski definition) is 4. The van der Waals surface area contributed by atoms with E-state index in [1.54, 1.807) is 19.1 Å². The molecule has 11 heteroatoms. The fourth-order valence-corrected chi connectivity index (χ4v) is 4.01. The van der Waals surface area contributed by atoms with E-state index >= 15 is 0 Å². The summed E-state index contributed by atoms with van der Waals surface area (Å²) in [6.45, 7) is 3.60. The second kappa shape index (κ2) is 9.91. The van der Waals surface area contributed by atoms with Crippen LogP contribution in [0.2, 0.25) is 5.02 Å². The summed E-state index contributed by atoms with van der Waals surface area (Å²) < 4.78 is 39.0. The lowest BCUT2D eigenvalue weighted by molar-refractivity contribution is -0.137. The maximum Gasteiger partial charge on any atom is 0.416 e. The molecule has 3 aromatic carbocycles. The highest BCUT2D eigenvalue weighted by molar-refractivity contribution is 6.53. The van der Waals surface area contributed by atoms with E-state index in [-0.39, 0.29) is 27.0 Å². The molecule has 0 saturated carbocycles. The second-order valence-corrected chi connectivity index (χ2v) is 9.06. The average molecular weight is 548 g/mol. The smallest absolute Gasteiger partial charge is 0.350 e. The van der Waals surface area contributed by atoms with Gasteiger partial charge in [-0.1, -0.05) is 35.3 Å². The number of alkyl halides is 3. The third-order valence-corrected chi connectivity index (χ3v) is 6.27. The van der Waals surface area contributed by atoms with Crippen molar-refractivity contribution in [2.24, 2.45) is 0 Å². The van der Waals surface area contributed by atoms with Crippen molar-refractivity contribution in [3.8, 4) is 0 Å². The normalized spacial score (nSPS) is 13.9. The summed E-state index contributed by atoms with van der Waals surface area (Å²) in [7, 11) is 0. The molecule has 0 spiro atoms. The summed E-state index contributed by atoms with van der Waals surface area (Å²) in [4.78, 5) is 39.4. The number of amides is 3. The molecule has 1 heterocycles. The first-order chi connectivity index (χ1) is 17.4. The molecular weight excluding hydrogens is 530 g/mol. The maximum atomic E-state index is 13.0.